The Bertz CT molecular complexity index is 462. The predicted molar refractivity (Wildman–Crippen MR) is 67.1 cm³/mol. The number of aliphatic carboxylic acids is 1. The molecule has 0 amide bonds. The number of rotatable bonds is 7. The molecular formula is C12H16O6P-. The van der Waals surface area contributed by atoms with Crippen molar-refractivity contribution >= 4 is 13.6 Å². The molecule has 0 heterocycles. The normalized spacial score (nSPS) is 13.0. The third-order valence-electron chi connectivity index (χ3n) is 2.75. The van der Waals surface area contributed by atoms with Crippen molar-refractivity contribution in [3.63, 3.8) is 0 Å². The summed E-state index contributed by atoms with van der Waals surface area (Å²) >= 11 is 0. The van der Waals surface area contributed by atoms with Gasteiger partial charge >= 0.3 is 7.60 Å². The molecule has 0 radical (unpaired) electrons. The summed E-state index contributed by atoms with van der Waals surface area (Å²) in [6.45, 7) is 0. The van der Waals surface area contributed by atoms with Gasteiger partial charge in [-0.15, -0.1) is 0 Å². The molecule has 0 bridgehead atoms. The van der Waals surface area contributed by atoms with Gasteiger partial charge in [-0.05, 0) is 24.1 Å². The highest BCUT2D eigenvalue weighted by atomic mass is 31.2. The second-order valence-corrected chi connectivity index (χ2v) is 6.23. The molecule has 19 heavy (non-hydrogen) atoms. The molecule has 1 unspecified atom stereocenters. The SMILES string of the molecule is COc1ccc(CC(C(=O)[O-])P(=O)(OC)OC)cc1. The lowest BCUT2D eigenvalue weighted by Gasteiger charge is -2.25. The van der Waals surface area contributed by atoms with Crippen LogP contribution >= 0.6 is 7.60 Å². The van der Waals surface area contributed by atoms with Crippen LogP contribution in [0.2, 0.25) is 0 Å². The maximum Gasteiger partial charge on any atom is 0.339 e. The first-order valence-electron chi connectivity index (χ1n) is 5.51. The molecule has 1 atom stereocenters. The van der Waals surface area contributed by atoms with Crippen LogP contribution in [0.5, 0.6) is 5.75 Å². The molecule has 0 aromatic heterocycles. The molecule has 0 spiro atoms. The second-order valence-electron chi connectivity index (χ2n) is 3.79. The Kier molecular flexibility index (Phi) is 5.54. The number of carboxylic acids is 1. The Morgan fingerprint density at radius 1 is 1.21 bits per heavy atom. The molecule has 1 aromatic carbocycles. The van der Waals surface area contributed by atoms with Gasteiger partial charge in [-0.25, -0.2) is 0 Å². The third-order valence-corrected chi connectivity index (χ3v) is 4.93. The Morgan fingerprint density at radius 3 is 2.11 bits per heavy atom. The van der Waals surface area contributed by atoms with Crippen molar-refractivity contribution in [3.05, 3.63) is 29.8 Å². The minimum atomic E-state index is -3.72. The summed E-state index contributed by atoms with van der Waals surface area (Å²) in [7, 11) is 0.1000. The van der Waals surface area contributed by atoms with Crippen LogP contribution < -0.4 is 9.84 Å². The lowest BCUT2D eigenvalue weighted by Crippen LogP contribution is -2.37. The molecule has 7 heteroatoms. The third kappa shape index (κ3) is 3.80. The zero-order chi connectivity index (χ0) is 14.5. The number of carbonyl (C=O) groups is 1. The van der Waals surface area contributed by atoms with E-state index >= 15 is 0 Å². The molecular weight excluding hydrogens is 271 g/mol. The van der Waals surface area contributed by atoms with E-state index in [4.69, 9.17) is 13.8 Å². The van der Waals surface area contributed by atoms with Crippen molar-refractivity contribution in [3.8, 4) is 5.75 Å². The van der Waals surface area contributed by atoms with E-state index < -0.39 is 19.2 Å². The topological polar surface area (TPSA) is 84.9 Å². The summed E-state index contributed by atoms with van der Waals surface area (Å²) in [5.74, 6) is -0.821. The summed E-state index contributed by atoms with van der Waals surface area (Å²) < 4.78 is 26.6. The van der Waals surface area contributed by atoms with E-state index in [9.17, 15) is 14.5 Å². The zero-order valence-electron chi connectivity index (χ0n) is 11.0. The number of ether oxygens (including phenoxy) is 1. The smallest absolute Gasteiger partial charge is 0.339 e. The Labute approximate surface area is 111 Å². The number of hydrogen-bond donors (Lipinski definition) is 0. The average Bonchev–Trinajstić information content (AvgIpc) is 2.44. The van der Waals surface area contributed by atoms with Gasteiger partial charge in [-0.1, -0.05) is 12.1 Å². The highest BCUT2D eigenvalue weighted by Crippen LogP contribution is 2.52. The minimum Gasteiger partial charge on any atom is -0.549 e. The van der Waals surface area contributed by atoms with Gasteiger partial charge in [0.05, 0.1) is 13.1 Å². The van der Waals surface area contributed by atoms with Crippen molar-refractivity contribution in [2.24, 2.45) is 0 Å². The van der Waals surface area contributed by atoms with Crippen molar-refractivity contribution in [1.29, 1.82) is 0 Å². The Morgan fingerprint density at radius 2 is 1.74 bits per heavy atom. The largest absolute Gasteiger partial charge is 0.549 e. The van der Waals surface area contributed by atoms with Crippen LogP contribution in [0.1, 0.15) is 5.56 Å². The number of benzene rings is 1. The van der Waals surface area contributed by atoms with Gasteiger partial charge in [0.1, 0.15) is 11.4 Å². The average molecular weight is 287 g/mol. The zero-order valence-corrected chi connectivity index (χ0v) is 11.9. The van der Waals surface area contributed by atoms with Crippen molar-refractivity contribution in [2.45, 2.75) is 12.1 Å². The molecule has 0 N–H and O–H groups in total. The van der Waals surface area contributed by atoms with E-state index in [1.54, 1.807) is 24.3 Å². The minimum absolute atomic E-state index is 0.00865. The predicted octanol–water partition coefficient (Wildman–Crippen LogP) is 0.842. The standard InChI is InChI=1S/C12H17O6P/c1-16-10-6-4-9(5-7-10)8-11(12(13)14)19(15,17-2)18-3/h4-7,11H,8H2,1-3H3,(H,13,14)/p-1. The van der Waals surface area contributed by atoms with Gasteiger partial charge in [0.2, 0.25) is 0 Å². The van der Waals surface area contributed by atoms with E-state index in [0.29, 0.717) is 11.3 Å². The van der Waals surface area contributed by atoms with Crippen LogP contribution in [0, 0.1) is 0 Å². The van der Waals surface area contributed by atoms with E-state index in [2.05, 4.69) is 0 Å². The number of methoxy groups -OCH3 is 1. The molecule has 0 aliphatic heterocycles. The lowest BCUT2D eigenvalue weighted by molar-refractivity contribution is -0.305. The van der Waals surface area contributed by atoms with Gasteiger partial charge in [0.25, 0.3) is 0 Å². The van der Waals surface area contributed by atoms with Gasteiger partial charge in [-0.2, -0.15) is 0 Å². The van der Waals surface area contributed by atoms with Gasteiger partial charge < -0.3 is 23.7 Å². The summed E-state index contributed by atoms with van der Waals surface area (Å²) in [5.41, 5.74) is -0.680. The van der Waals surface area contributed by atoms with Crippen LogP contribution in [0.25, 0.3) is 0 Å². The molecule has 6 nitrogen and oxygen atoms in total. The molecule has 0 fully saturated rings. The number of hydrogen-bond acceptors (Lipinski definition) is 6. The first-order valence-corrected chi connectivity index (χ1v) is 7.13. The Hall–Kier alpha value is -1.36. The number of carboxylic acid groups (broad SMARTS) is 1. The van der Waals surface area contributed by atoms with E-state index in [0.717, 1.165) is 14.2 Å². The van der Waals surface area contributed by atoms with Gasteiger partial charge in [0.15, 0.2) is 0 Å². The fraction of sp³-hybridized carbons (Fsp3) is 0.417. The van der Waals surface area contributed by atoms with Crippen LogP contribution in [-0.4, -0.2) is 33.0 Å². The van der Waals surface area contributed by atoms with Crippen molar-refractivity contribution < 1.29 is 28.3 Å². The molecule has 1 aromatic rings. The molecule has 0 saturated heterocycles. The number of carbonyl (C=O) groups excluding carboxylic acids is 1. The Balaban J connectivity index is 2.95. The maximum absolute atomic E-state index is 12.1. The monoisotopic (exact) mass is 287 g/mol. The molecule has 0 aliphatic carbocycles. The van der Waals surface area contributed by atoms with Crippen molar-refractivity contribution in [1.82, 2.24) is 0 Å². The van der Waals surface area contributed by atoms with E-state index in [1.165, 1.54) is 7.11 Å². The summed E-state index contributed by atoms with van der Waals surface area (Å²) in [6, 6.07) is 6.74. The van der Waals surface area contributed by atoms with Crippen LogP contribution in [0.3, 0.4) is 0 Å². The molecule has 0 saturated carbocycles. The van der Waals surface area contributed by atoms with Crippen LogP contribution in [0.4, 0.5) is 0 Å². The summed E-state index contributed by atoms with van der Waals surface area (Å²) in [6.07, 6.45) is -0.00865. The highest BCUT2D eigenvalue weighted by molar-refractivity contribution is 7.55. The second kappa shape index (κ2) is 6.70. The lowest BCUT2D eigenvalue weighted by atomic mass is 10.1. The fourth-order valence-corrected chi connectivity index (χ4v) is 2.99. The molecule has 0 aliphatic rings. The van der Waals surface area contributed by atoms with Gasteiger partial charge in [0, 0.05) is 14.2 Å². The van der Waals surface area contributed by atoms with Crippen LogP contribution in [-0.2, 0) is 24.8 Å². The highest BCUT2D eigenvalue weighted by Gasteiger charge is 2.35. The first-order chi connectivity index (χ1) is 8.96. The van der Waals surface area contributed by atoms with Gasteiger partial charge in [-0.3, -0.25) is 4.57 Å². The van der Waals surface area contributed by atoms with E-state index in [-0.39, 0.29) is 6.42 Å². The first kappa shape index (κ1) is 15.7. The maximum atomic E-state index is 12.1. The quantitative estimate of drug-likeness (QED) is 0.691. The fourth-order valence-electron chi connectivity index (χ4n) is 1.64. The molecule has 106 valence electrons. The summed E-state index contributed by atoms with van der Waals surface area (Å²) in [4.78, 5) is 11.1. The van der Waals surface area contributed by atoms with E-state index in [1.807, 2.05) is 0 Å². The molecule has 1 rings (SSSR count). The van der Waals surface area contributed by atoms with Crippen LogP contribution in [0.15, 0.2) is 24.3 Å². The van der Waals surface area contributed by atoms with Crippen molar-refractivity contribution in [2.75, 3.05) is 21.3 Å². The summed E-state index contributed by atoms with van der Waals surface area (Å²) in [5, 5.41) is 11.1.